The quantitative estimate of drug-likeness (QED) is 0.422. The minimum absolute atomic E-state index is 0.00562. The monoisotopic (exact) mass is 378 g/mol. The molecule has 3 aromatic rings. The summed E-state index contributed by atoms with van der Waals surface area (Å²) in [5.41, 5.74) is 0. The first-order valence-electron chi connectivity index (χ1n) is 10.1. The molecule has 0 bridgehead atoms. The molecule has 0 aliphatic carbocycles. The van der Waals surface area contributed by atoms with Gasteiger partial charge in [0.15, 0.2) is 0 Å². The van der Waals surface area contributed by atoms with Gasteiger partial charge in [0.05, 0.1) is 6.26 Å². The Morgan fingerprint density at radius 1 is 0.815 bits per heavy atom. The molecule has 1 unspecified atom stereocenters. The van der Waals surface area contributed by atoms with Crippen LogP contribution in [-0.4, -0.2) is 8.32 Å². The summed E-state index contributed by atoms with van der Waals surface area (Å²) in [4.78, 5) is 0. The lowest BCUT2D eigenvalue weighted by atomic mass is 10.2. The number of hydrogen-bond acceptors (Lipinski definition) is 2. The molecule has 0 aliphatic rings. The molecular formula is C24H30O2Si. The lowest BCUT2D eigenvalue weighted by molar-refractivity contribution is 0.160. The Kier molecular flexibility index (Phi) is 7.08. The number of rotatable bonds is 10. The summed E-state index contributed by atoms with van der Waals surface area (Å²) in [5, 5.41) is 2.69. The third kappa shape index (κ3) is 4.60. The van der Waals surface area contributed by atoms with Crippen LogP contribution in [0.1, 0.15) is 51.4 Å². The van der Waals surface area contributed by atoms with Gasteiger partial charge in [-0.15, -0.1) is 0 Å². The Morgan fingerprint density at radius 2 is 1.44 bits per heavy atom. The third-order valence-electron chi connectivity index (χ3n) is 5.12. The zero-order chi connectivity index (χ0) is 19.0. The Bertz CT molecular complexity index is 729. The second-order valence-electron chi connectivity index (χ2n) is 7.07. The predicted octanol–water partition coefficient (Wildman–Crippen LogP) is 5.70. The van der Waals surface area contributed by atoms with Crippen molar-refractivity contribution >= 4 is 18.7 Å². The van der Waals surface area contributed by atoms with Crippen LogP contribution in [0.2, 0.25) is 6.04 Å². The standard InChI is InChI=1S/C24H30O2Si/c1-3-5-20-27(21-14-8-6-9-15-21,22-16-10-7-11-17-22)26-24(13-4-2)23-18-12-19-25-23/h6-12,14-19,24H,3-5,13,20H2,1-2H3. The molecule has 0 fully saturated rings. The lowest BCUT2D eigenvalue weighted by Gasteiger charge is -2.36. The van der Waals surface area contributed by atoms with Crippen LogP contribution >= 0.6 is 0 Å². The van der Waals surface area contributed by atoms with E-state index >= 15 is 0 Å². The van der Waals surface area contributed by atoms with Gasteiger partial charge in [-0.05, 0) is 35.0 Å². The second-order valence-corrected chi connectivity index (χ2v) is 10.6. The van der Waals surface area contributed by atoms with Crippen LogP contribution in [-0.2, 0) is 4.43 Å². The van der Waals surface area contributed by atoms with Gasteiger partial charge >= 0.3 is 0 Å². The van der Waals surface area contributed by atoms with Crippen LogP contribution in [0.25, 0.3) is 0 Å². The summed E-state index contributed by atoms with van der Waals surface area (Å²) in [6, 6.07) is 26.8. The van der Waals surface area contributed by atoms with Gasteiger partial charge in [0, 0.05) is 0 Å². The highest BCUT2D eigenvalue weighted by Gasteiger charge is 2.41. The van der Waals surface area contributed by atoms with Gasteiger partial charge in [0.1, 0.15) is 11.9 Å². The smallest absolute Gasteiger partial charge is 0.256 e. The number of unbranched alkanes of at least 4 members (excludes halogenated alkanes) is 1. The van der Waals surface area contributed by atoms with Crippen LogP contribution in [0.3, 0.4) is 0 Å². The van der Waals surface area contributed by atoms with E-state index in [1.54, 1.807) is 6.26 Å². The fourth-order valence-electron chi connectivity index (χ4n) is 3.73. The van der Waals surface area contributed by atoms with Gasteiger partial charge in [-0.3, -0.25) is 0 Å². The zero-order valence-corrected chi connectivity index (χ0v) is 17.4. The zero-order valence-electron chi connectivity index (χ0n) is 16.4. The molecule has 0 aliphatic heterocycles. The number of benzene rings is 2. The highest BCUT2D eigenvalue weighted by molar-refractivity contribution is 6.97. The van der Waals surface area contributed by atoms with Crippen molar-refractivity contribution in [1.29, 1.82) is 0 Å². The molecular weight excluding hydrogens is 348 g/mol. The molecule has 0 saturated carbocycles. The van der Waals surface area contributed by atoms with Gasteiger partial charge in [-0.25, -0.2) is 0 Å². The first-order valence-corrected chi connectivity index (χ1v) is 12.2. The van der Waals surface area contributed by atoms with Gasteiger partial charge in [0.2, 0.25) is 0 Å². The molecule has 27 heavy (non-hydrogen) atoms. The van der Waals surface area contributed by atoms with Crippen molar-refractivity contribution in [3.8, 4) is 0 Å². The minimum Gasteiger partial charge on any atom is -0.467 e. The second kappa shape index (κ2) is 9.72. The summed E-state index contributed by atoms with van der Waals surface area (Å²) in [7, 11) is -2.39. The molecule has 142 valence electrons. The maximum absolute atomic E-state index is 7.14. The Hall–Kier alpha value is -2.10. The van der Waals surface area contributed by atoms with E-state index < -0.39 is 8.32 Å². The lowest BCUT2D eigenvalue weighted by Crippen LogP contribution is -2.61. The maximum atomic E-state index is 7.14. The largest absolute Gasteiger partial charge is 0.467 e. The van der Waals surface area contributed by atoms with Gasteiger partial charge in [-0.2, -0.15) is 0 Å². The molecule has 2 nitrogen and oxygen atoms in total. The van der Waals surface area contributed by atoms with E-state index in [0.717, 1.165) is 37.5 Å². The van der Waals surface area contributed by atoms with E-state index in [9.17, 15) is 0 Å². The third-order valence-corrected chi connectivity index (χ3v) is 9.39. The summed E-state index contributed by atoms with van der Waals surface area (Å²) in [5.74, 6) is 0.942. The van der Waals surface area contributed by atoms with Gasteiger partial charge < -0.3 is 8.84 Å². The molecule has 0 N–H and O–H groups in total. The van der Waals surface area contributed by atoms with Crippen molar-refractivity contribution in [2.45, 2.75) is 51.7 Å². The van der Waals surface area contributed by atoms with E-state index in [4.69, 9.17) is 8.84 Å². The summed E-state index contributed by atoms with van der Waals surface area (Å²) in [6.07, 6.45) is 6.10. The van der Waals surface area contributed by atoms with Crippen molar-refractivity contribution in [3.63, 3.8) is 0 Å². The van der Waals surface area contributed by atoms with Crippen molar-refractivity contribution in [1.82, 2.24) is 0 Å². The Balaban J connectivity index is 2.09. The highest BCUT2D eigenvalue weighted by atomic mass is 28.4. The molecule has 3 rings (SSSR count). The Labute approximate surface area is 164 Å². The van der Waals surface area contributed by atoms with Crippen molar-refractivity contribution < 1.29 is 8.84 Å². The van der Waals surface area contributed by atoms with E-state index in [0.29, 0.717) is 0 Å². The summed E-state index contributed by atoms with van der Waals surface area (Å²) < 4.78 is 12.9. The summed E-state index contributed by atoms with van der Waals surface area (Å²) in [6.45, 7) is 4.46. The fraction of sp³-hybridized carbons (Fsp3) is 0.333. The van der Waals surface area contributed by atoms with Crippen molar-refractivity contribution in [3.05, 3.63) is 84.8 Å². The van der Waals surface area contributed by atoms with Crippen LogP contribution in [0.4, 0.5) is 0 Å². The first-order chi connectivity index (χ1) is 13.3. The molecule has 3 heteroatoms. The molecule has 1 heterocycles. The van der Waals surface area contributed by atoms with Crippen LogP contribution in [0.15, 0.2) is 83.5 Å². The molecule has 0 radical (unpaired) electrons. The Morgan fingerprint density at radius 3 is 1.93 bits per heavy atom. The van der Waals surface area contributed by atoms with Crippen LogP contribution < -0.4 is 10.4 Å². The SMILES string of the molecule is CCCC[Si](OC(CCC)c1ccco1)(c1ccccc1)c1ccccc1. The average Bonchev–Trinajstić information content (AvgIpc) is 3.27. The highest BCUT2D eigenvalue weighted by Crippen LogP contribution is 2.30. The minimum atomic E-state index is -2.39. The normalized spacial score (nSPS) is 12.8. The molecule has 1 aromatic heterocycles. The van der Waals surface area contributed by atoms with E-state index in [-0.39, 0.29) is 6.10 Å². The predicted molar refractivity (Wildman–Crippen MR) is 115 cm³/mol. The fourth-order valence-corrected chi connectivity index (χ4v) is 8.06. The van der Waals surface area contributed by atoms with Gasteiger partial charge in [0.25, 0.3) is 8.32 Å². The average molecular weight is 379 g/mol. The summed E-state index contributed by atoms with van der Waals surface area (Å²) >= 11 is 0. The topological polar surface area (TPSA) is 22.4 Å². The van der Waals surface area contributed by atoms with Gasteiger partial charge in [-0.1, -0.05) is 93.8 Å². The number of furan rings is 1. The maximum Gasteiger partial charge on any atom is 0.256 e. The number of hydrogen-bond donors (Lipinski definition) is 0. The molecule has 0 amide bonds. The molecule has 1 atom stereocenters. The molecule has 0 saturated heterocycles. The van der Waals surface area contributed by atoms with E-state index in [1.807, 2.05) is 6.07 Å². The van der Waals surface area contributed by atoms with E-state index in [1.165, 1.54) is 10.4 Å². The van der Waals surface area contributed by atoms with Crippen LogP contribution in [0, 0.1) is 0 Å². The molecule has 2 aromatic carbocycles. The molecule has 0 spiro atoms. The first kappa shape index (κ1) is 19.7. The van der Waals surface area contributed by atoms with Crippen molar-refractivity contribution in [2.24, 2.45) is 0 Å². The van der Waals surface area contributed by atoms with Crippen LogP contribution in [0.5, 0.6) is 0 Å². The van der Waals surface area contributed by atoms with E-state index in [2.05, 4.69) is 80.6 Å². The van der Waals surface area contributed by atoms with Crippen molar-refractivity contribution in [2.75, 3.05) is 0 Å².